The number of esters is 2. The summed E-state index contributed by atoms with van der Waals surface area (Å²) in [7, 11) is 0. The minimum Gasteiger partial charge on any atom is -0.465 e. The normalized spacial score (nSPS) is 13.2. The second kappa shape index (κ2) is 8.98. The topological polar surface area (TPSA) is 52.6 Å². The van der Waals surface area contributed by atoms with Gasteiger partial charge >= 0.3 is 11.9 Å². The molecule has 0 spiro atoms. The molecular formula is C16H30O4. The molecule has 0 heterocycles. The highest BCUT2D eigenvalue weighted by atomic mass is 16.5. The van der Waals surface area contributed by atoms with E-state index in [4.69, 9.17) is 9.47 Å². The molecule has 0 aromatic heterocycles. The van der Waals surface area contributed by atoms with Crippen molar-refractivity contribution in [1.29, 1.82) is 0 Å². The molecule has 0 radical (unpaired) electrons. The van der Waals surface area contributed by atoms with Gasteiger partial charge in [0.05, 0.1) is 6.61 Å². The van der Waals surface area contributed by atoms with Gasteiger partial charge in [-0.05, 0) is 24.2 Å². The highest BCUT2D eigenvalue weighted by Gasteiger charge is 2.26. The van der Waals surface area contributed by atoms with E-state index in [1.165, 1.54) is 0 Å². The number of ether oxygens (including phenoxy) is 2. The summed E-state index contributed by atoms with van der Waals surface area (Å²) in [6.45, 7) is 12.6. The average molecular weight is 286 g/mol. The molecule has 0 fully saturated rings. The van der Waals surface area contributed by atoms with Crippen LogP contribution < -0.4 is 0 Å². The van der Waals surface area contributed by atoms with Gasteiger partial charge in [0.2, 0.25) is 0 Å². The Bertz CT molecular complexity index is 302. The third-order valence-electron chi connectivity index (χ3n) is 2.95. The first-order chi connectivity index (χ1) is 9.16. The summed E-state index contributed by atoms with van der Waals surface area (Å²) < 4.78 is 10.5. The number of hydrogen-bond acceptors (Lipinski definition) is 4. The van der Waals surface area contributed by atoms with Gasteiger partial charge in [-0.2, -0.15) is 0 Å². The summed E-state index contributed by atoms with van der Waals surface area (Å²) in [5.41, 5.74) is -0.0550. The van der Waals surface area contributed by atoms with Gasteiger partial charge in [-0.1, -0.05) is 41.5 Å². The van der Waals surface area contributed by atoms with Crippen LogP contribution in [0.3, 0.4) is 0 Å². The Morgan fingerprint density at radius 2 is 1.60 bits per heavy atom. The Balaban J connectivity index is 3.91. The zero-order chi connectivity index (χ0) is 15.8. The molecule has 0 saturated heterocycles. The molecule has 0 aromatic carbocycles. The van der Waals surface area contributed by atoms with E-state index >= 15 is 0 Å². The molecule has 4 nitrogen and oxygen atoms in total. The Morgan fingerprint density at radius 3 is 2.05 bits per heavy atom. The van der Waals surface area contributed by atoms with Crippen molar-refractivity contribution in [2.75, 3.05) is 6.61 Å². The van der Waals surface area contributed by atoms with Crippen LogP contribution >= 0.6 is 0 Å². The lowest BCUT2D eigenvalue weighted by atomic mass is 9.87. The molecular weight excluding hydrogens is 256 g/mol. The van der Waals surface area contributed by atoms with Crippen molar-refractivity contribution in [3.05, 3.63) is 0 Å². The highest BCUT2D eigenvalue weighted by molar-refractivity contribution is 5.72. The quantitative estimate of drug-likeness (QED) is 0.638. The third-order valence-corrected chi connectivity index (χ3v) is 2.95. The predicted octanol–water partition coefficient (Wildman–Crippen LogP) is 3.72. The van der Waals surface area contributed by atoms with Crippen LogP contribution in [0, 0.1) is 11.3 Å². The predicted molar refractivity (Wildman–Crippen MR) is 79.3 cm³/mol. The van der Waals surface area contributed by atoms with Crippen molar-refractivity contribution in [1.82, 2.24) is 0 Å². The SMILES string of the molecule is CCC(OC(=O)CCCC(=O)OCC(C)C)C(C)(C)C. The summed E-state index contributed by atoms with van der Waals surface area (Å²) in [6, 6.07) is 0. The van der Waals surface area contributed by atoms with E-state index < -0.39 is 0 Å². The highest BCUT2D eigenvalue weighted by Crippen LogP contribution is 2.25. The monoisotopic (exact) mass is 286 g/mol. The van der Waals surface area contributed by atoms with Crippen LogP contribution in [0.15, 0.2) is 0 Å². The van der Waals surface area contributed by atoms with Crippen molar-refractivity contribution in [2.24, 2.45) is 11.3 Å². The van der Waals surface area contributed by atoms with Crippen molar-refractivity contribution in [2.45, 2.75) is 73.3 Å². The smallest absolute Gasteiger partial charge is 0.306 e. The maximum Gasteiger partial charge on any atom is 0.306 e. The molecule has 0 aliphatic carbocycles. The van der Waals surface area contributed by atoms with Gasteiger partial charge in [-0.3, -0.25) is 9.59 Å². The van der Waals surface area contributed by atoms with Gasteiger partial charge in [0.25, 0.3) is 0 Å². The van der Waals surface area contributed by atoms with Crippen molar-refractivity contribution in [3.8, 4) is 0 Å². The lowest BCUT2D eigenvalue weighted by Crippen LogP contribution is -2.31. The molecule has 0 rings (SSSR count). The fraction of sp³-hybridized carbons (Fsp3) is 0.875. The van der Waals surface area contributed by atoms with Crippen LogP contribution in [-0.4, -0.2) is 24.6 Å². The van der Waals surface area contributed by atoms with Crippen LogP contribution in [0.5, 0.6) is 0 Å². The Labute approximate surface area is 123 Å². The van der Waals surface area contributed by atoms with Crippen LogP contribution in [0.1, 0.15) is 67.2 Å². The standard InChI is InChI=1S/C16H30O4/c1-7-13(16(4,5)6)20-15(18)10-8-9-14(17)19-11-12(2)3/h12-13H,7-11H2,1-6H3. The second-order valence-corrected chi connectivity index (χ2v) is 6.68. The molecule has 0 aliphatic rings. The number of carbonyl (C=O) groups excluding carboxylic acids is 2. The van der Waals surface area contributed by atoms with E-state index in [1.807, 2.05) is 20.8 Å². The maximum absolute atomic E-state index is 11.7. The van der Waals surface area contributed by atoms with Gasteiger partial charge in [-0.15, -0.1) is 0 Å². The van der Waals surface area contributed by atoms with E-state index in [-0.39, 0.29) is 36.3 Å². The molecule has 118 valence electrons. The molecule has 4 heteroatoms. The number of carbonyl (C=O) groups is 2. The minimum absolute atomic E-state index is 0.0550. The lowest BCUT2D eigenvalue weighted by molar-refractivity contribution is -0.155. The van der Waals surface area contributed by atoms with Crippen LogP contribution in [0.25, 0.3) is 0 Å². The molecule has 20 heavy (non-hydrogen) atoms. The molecule has 1 unspecified atom stereocenters. The van der Waals surface area contributed by atoms with Crippen molar-refractivity contribution >= 4 is 11.9 Å². The maximum atomic E-state index is 11.7. The minimum atomic E-state index is -0.241. The molecule has 0 N–H and O–H groups in total. The van der Waals surface area contributed by atoms with Gasteiger partial charge in [-0.25, -0.2) is 0 Å². The Kier molecular flexibility index (Phi) is 8.51. The molecule has 0 saturated carbocycles. The van der Waals surface area contributed by atoms with E-state index in [0.29, 0.717) is 18.9 Å². The van der Waals surface area contributed by atoms with E-state index in [1.54, 1.807) is 0 Å². The van der Waals surface area contributed by atoms with Crippen LogP contribution in [0.4, 0.5) is 0 Å². The summed E-state index contributed by atoms with van der Waals surface area (Å²) in [6.07, 6.45) is 1.74. The number of hydrogen-bond donors (Lipinski definition) is 0. The number of rotatable bonds is 8. The summed E-state index contributed by atoms with van der Waals surface area (Å²) in [5.74, 6) is -0.140. The fourth-order valence-corrected chi connectivity index (χ4v) is 1.80. The molecule has 0 amide bonds. The average Bonchev–Trinajstić information content (AvgIpc) is 2.32. The van der Waals surface area contributed by atoms with Gasteiger partial charge in [0.1, 0.15) is 6.10 Å². The zero-order valence-corrected chi connectivity index (χ0v) is 13.8. The summed E-state index contributed by atoms with van der Waals surface area (Å²) in [4.78, 5) is 23.1. The lowest BCUT2D eigenvalue weighted by Gasteiger charge is -2.29. The van der Waals surface area contributed by atoms with E-state index in [9.17, 15) is 9.59 Å². The molecule has 0 bridgehead atoms. The third kappa shape index (κ3) is 8.94. The van der Waals surface area contributed by atoms with Gasteiger partial charge in [0, 0.05) is 12.8 Å². The first kappa shape index (κ1) is 18.9. The van der Waals surface area contributed by atoms with Crippen molar-refractivity contribution < 1.29 is 19.1 Å². The van der Waals surface area contributed by atoms with Gasteiger partial charge in [0.15, 0.2) is 0 Å². The Hall–Kier alpha value is -1.06. The second-order valence-electron chi connectivity index (χ2n) is 6.68. The zero-order valence-electron chi connectivity index (χ0n) is 13.8. The van der Waals surface area contributed by atoms with Gasteiger partial charge < -0.3 is 9.47 Å². The molecule has 1 atom stereocenters. The first-order valence-corrected chi connectivity index (χ1v) is 7.51. The van der Waals surface area contributed by atoms with Crippen LogP contribution in [-0.2, 0) is 19.1 Å². The van der Waals surface area contributed by atoms with E-state index in [0.717, 1.165) is 6.42 Å². The molecule has 0 aliphatic heterocycles. The largest absolute Gasteiger partial charge is 0.465 e. The molecule has 0 aromatic rings. The summed E-state index contributed by atoms with van der Waals surface area (Å²) in [5, 5.41) is 0. The fourth-order valence-electron chi connectivity index (χ4n) is 1.80. The first-order valence-electron chi connectivity index (χ1n) is 7.51. The Morgan fingerprint density at radius 1 is 1.05 bits per heavy atom. The summed E-state index contributed by atoms with van der Waals surface area (Å²) >= 11 is 0. The van der Waals surface area contributed by atoms with E-state index in [2.05, 4.69) is 20.8 Å². The van der Waals surface area contributed by atoms with Crippen molar-refractivity contribution in [3.63, 3.8) is 0 Å². The van der Waals surface area contributed by atoms with Crippen LogP contribution in [0.2, 0.25) is 0 Å².